The second kappa shape index (κ2) is 6.28. The van der Waals surface area contributed by atoms with Crippen LogP contribution in [0.5, 0.6) is 0 Å². The summed E-state index contributed by atoms with van der Waals surface area (Å²) in [4.78, 5) is 11.6. The lowest BCUT2D eigenvalue weighted by Crippen LogP contribution is -2.33. The molecular weight excluding hydrogens is 300 g/mol. The highest BCUT2D eigenvalue weighted by Crippen LogP contribution is 2.49. The van der Waals surface area contributed by atoms with Crippen LogP contribution in [-0.4, -0.2) is 33.1 Å². The Bertz CT molecular complexity index is 684. The summed E-state index contributed by atoms with van der Waals surface area (Å²) < 4.78 is 5.55. The summed E-state index contributed by atoms with van der Waals surface area (Å²) in [6.45, 7) is 7.50. The van der Waals surface area contributed by atoms with E-state index in [1.807, 2.05) is 18.5 Å². The lowest BCUT2D eigenvalue weighted by Gasteiger charge is -2.25. The van der Waals surface area contributed by atoms with Crippen LogP contribution < -0.4 is 0 Å². The maximum absolute atomic E-state index is 5.55. The van der Waals surface area contributed by atoms with Gasteiger partial charge in [-0.15, -0.1) is 0 Å². The molecule has 1 aliphatic heterocycles. The second-order valence-corrected chi connectivity index (χ2v) is 7.89. The number of nitrogens with zero attached hydrogens (tertiary/aromatic N) is 4. The summed E-state index contributed by atoms with van der Waals surface area (Å²) in [5, 5.41) is 4.40. The van der Waals surface area contributed by atoms with Crippen molar-refractivity contribution in [3.8, 4) is 0 Å². The Morgan fingerprint density at radius 3 is 3.12 bits per heavy atom. The third-order valence-corrected chi connectivity index (χ3v) is 5.57. The molecule has 4 rings (SSSR count). The van der Waals surface area contributed by atoms with Crippen molar-refractivity contribution >= 4 is 0 Å². The first-order valence-electron chi connectivity index (χ1n) is 9.10. The van der Waals surface area contributed by atoms with Gasteiger partial charge in [-0.1, -0.05) is 31.5 Å². The molecule has 1 saturated heterocycles. The van der Waals surface area contributed by atoms with Gasteiger partial charge in [0, 0.05) is 38.4 Å². The van der Waals surface area contributed by atoms with Crippen LogP contribution in [0.2, 0.25) is 0 Å². The molecule has 0 amide bonds. The molecule has 0 aromatic carbocycles. The van der Waals surface area contributed by atoms with E-state index in [-0.39, 0.29) is 5.41 Å². The fourth-order valence-electron chi connectivity index (χ4n) is 4.52. The molecule has 0 bridgehead atoms. The monoisotopic (exact) mass is 326 g/mol. The fraction of sp³-hybridized carbons (Fsp3) is 0.632. The van der Waals surface area contributed by atoms with Crippen molar-refractivity contribution in [1.82, 2.24) is 20.0 Å². The summed E-state index contributed by atoms with van der Waals surface area (Å²) in [6, 6.07) is 4.17. The highest BCUT2D eigenvalue weighted by atomic mass is 16.5. The summed E-state index contributed by atoms with van der Waals surface area (Å²) in [5.74, 6) is 2.94. The Hall–Kier alpha value is -1.75. The van der Waals surface area contributed by atoms with Gasteiger partial charge >= 0.3 is 0 Å². The van der Waals surface area contributed by atoms with Gasteiger partial charge in [0.1, 0.15) is 0 Å². The van der Waals surface area contributed by atoms with Crippen molar-refractivity contribution in [2.24, 2.45) is 11.8 Å². The second-order valence-electron chi connectivity index (χ2n) is 7.89. The number of rotatable bonds is 5. The van der Waals surface area contributed by atoms with E-state index in [0.29, 0.717) is 11.8 Å². The van der Waals surface area contributed by atoms with Crippen molar-refractivity contribution in [1.29, 1.82) is 0 Å². The van der Waals surface area contributed by atoms with Crippen LogP contribution >= 0.6 is 0 Å². The molecule has 0 radical (unpaired) electrons. The lowest BCUT2D eigenvalue weighted by atomic mass is 9.80. The number of hydrogen-bond acceptors (Lipinski definition) is 5. The molecule has 0 N–H and O–H groups in total. The Morgan fingerprint density at radius 2 is 2.33 bits per heavy atom. The third-order valence-electron chi connectivity index (χ3n) is 5.57. The molecule has 0 unspecified atom stereocenters. The SMILES string of the molecule is CC(C)Cc1nc([C@@]23CCC[C@@H]2CN(Cc2cccnc2)C3)no1. The lowest BCUT2D eigenvalue weighted by molar-refractivity contribution is 0.285. The van der Waals surface area contributed by atoms with Gasteiger partial charge in [-0.25, -0.2) is 0 Å². The van der Waals surface area contributed by atoms with Gasteiger partial charge in [0.2, 0.25) is 5.89 Å². The smallest absolute Gasteiger partial charge is 0.226 e. The van der Waals surface area contributed by atoms with Crippen molar-refractivity contribution in [3.63, 3.8) is 0 Å². The zero-order chi connectivity index (χ0) is 16.6. The predicted molar refractivity (Wildman–Crippen MR) is 91.4 cm³/mol. The van der Waals surface area contributed by atoms with E-state index in [9.17, 15) is 0 Å². The van der Waals surface area contributed by atoms with Gasteiger partial charge in [-0.2, -0.15) is 4.98 Å². The van der Waals surface area contributed by atoms with Crippen LogP contribution in [0.3, 0.4) is 0 Å². The van der Waals surface area contributed by atoms with Crippen LogP contribution in [-0.2, 0) is 18.4 Å². The van der Waals surface area contributed by atoms with Gasteiger partial charge in [0.05, 0.1) is 5.41 Å². The Balaban J connectivity index is 1.53. The van der Waals surface area contributed by atoms with Gasteiger partial charge in [0.25, 0.3) is 0 Å². The predicted octanol–water partition coefficient (Wildman–Crippen LogP) is 3.22. The maximum Gasteiger partial charge on any atom is 0.226 e. The largest absolute Gasteiger partial charge is 0.339 e. The van der Waals surface area contributed by atoms with E-state index < -0.39 is 0 Å². The molecule has 2 aliphatic rings. The molecule has 3 heterocycles. The van der Waals surface area contributed by atoms with Crippen LogP contribution in [0, 0.1) is 11.8 Å². The highest BCUT2D eigenvalue weighted by Gasteiger charge is 2.53. The quantitative estimate of drug-likeness (QED) is 0.844. The van der Waals surface area contributed by atoms with Gasteiger partial charge in [-0.3, -0.25) is 9.88 Å². The van der Waals surface area contributed by atoms with Gasteiger partial charge < -0.3 is 4.52 Å². The topological polar surface area (TPSA) is 55.1 Å². The zero-order valence-electron chi connectivity index (χ0n) is 14.6. The number of aromatic nitrogens is 3. The van der Waals surface area contributed by atoms with E-state index in [1.165, 1.54) is 24.8 Å². The minimum Gasteiger partial charge on any atom is -0.339 e. The third kappa shape index (κ3) is 2.86. The minimum absolute atomic E-state index is 0.0982. The average Bonchev–Trinajstić information content (AvgIpc) is 3.22. The Labute approximate surface area is 143 Å². The summed E-state index contributed by atoms with van der Waals surface area (Å²) in [6.07, 6.45) is 8.40. The van der Waals surface area contributed by atoms with E-state index in [2.05, 4.69) is 35.0 Å². The Morgan fingerprint density at radius 1 is 1.42 bits per heavy atom. The number of likely N-dealkylation sites (tertiary alicyclic amines) is 1. The van der Waals surface area contributed by atoms with E-state index in [1.54, 1.807) is 0 Å². The van der Waals surface area contributed by atoms with E-state index in [0.717, 1.165) is 37.8 Å². The first-order valence-corrected chi connectivity index (χ1v) is 9.10. The molecule has 24 heavy (non-hydrogen) atoms. The molecule has 2 atom stereocenters. The van der Waals surface area contributed by atoms with Crippen molar-refractivity contribution < 1.29 is 4.52 Å². The molecule has 128 valence electrons. The fourth-order valence-corrected chi connectivity index (χ4v) is 4.52. The molecule has 1 aliphatic carbocycles. The van der Waals surface area contributed by atoms with Gasteiger partial charge in [0.15, 0.2) is 5.82 Å². The molecule has 0 spiro atoms. The number of hydrogen-bond donors (Lipinski definition) is 0. The molecule has 1 saturated carbocycles. The molecule has 2 fully saturated rings. The minimum atomic E-state index is 0.0982. The maximum atomic E-state index is 5.55. The standard InChI is InChI=1S/C19H26N4O/c1-14(2)9-17-21-18(22-24-17)19-7-3-6-16(19)12-23(13-19)11-15-5-4-8-20-10-15/h4-5,8,10,14,16H,3,6-7,9,11-13H2,1-2H3/t16-,19-/m1/s1. The summed E-state index contributed by atoms with van der Waals surface area (Å²) >= 11 is 0. The van der Waals surface area contributed by atoms with Crippen LogP contribution in [0.15, 0.2) is 29.0 Å². The van der Waals surface area contributed by atoms with E-state index >= 15 is 0 Å². The van der Waals surface area contributed by atoms with E-state index in [4.69, 9.17) is 9.51 Å². The molecule has 5 heteroatoms. The summed E-state index contributed by atoms with van der Waals surface area (Å²) in [5.41, 5.74) is 1.38. The van der Waals surface area contributed by atoms with Crippen molar-refractivity contribution in [2.75, 3.05) is 13.1 Å². The average molecular weight is 326 g/mol. The number of fused-ring (bicyclic) bond motifs is 1. The van der Waals surface area contributed by atoms with Crippen LogP contribution in [0.1, 0.15) is 50.4 Å². The van der Waals surface area contributed by atoms with Crippen molar-refractivity contribution in [3.05, 3.63) is 41.8 Å². The number of pyridine rings is 1. The molecular formula is C19H26N4O. The normalized spacial score (nSPS) is 27.0. The summed E-state index contributed by atoms with van der Waals surface area (Å²) in [7, 11) is 0. The van der Waals surface area contributed by atoms with Gasteiger partial charge in [-0.05, 0) is 36.3 Å². The first kappa shape index (κ1) is 15.8. The first-order chi connectivity index (χ1) is 11.7. The zero-order valence-corrected chi connectivity index (χ0v) is 14.6. The molecule has 2 aromatic heterocycles. The van der Waals surface area contributed by atoms with Crippen LogP contribution in [0.25, 0.3) is 0 Å². The molecule has 5 nitrogen and oxygen atoms in total. The Kier molecular flexibility index (Phi) is 4.12. The highest BCUT2D eigenvalue weighted by molar-refractivity contribution is 5.19. The van der Waals surface area contributed by atoms with Crippen LogP contribution in [0.4, 0.5) is 0 Å². The molecule has 2 aromatic rings. The van der Waals surface area contributed by atoms with Crippen molar-refractivity contribution in [2.45, 2.75) is 51.5 Å².